The van der Waals surface area contributed by atoms with Gasteiger partial charge in [0.15, 0.2) is 0 Å². The molecule has 0 saturated heterocycles. The number of hydrogen-bond donors (Lipinski definition) is 2. The Hall–Kier alpha value is -1.55. The second-order valence-electron chi connectivity index (χ2n) is 5.01. The van der Waals surface area contributed by atoms with Gasteiger partial charge in [0, 0.05) is 5.02 Å². The van der Waals surface area contributed by atoms with Crippen LogP contribution in [-0.2, 0) is 6.42 Å². The molecule has 2 rings (SSSR count). The molecular weight excluding hydrogens is 284 g/mol. The Bertz CT molecular complexity index is 533. The summed E-state index contributed by atoms with van der Waals surface area (Å²) in [5.74, 6) is 6.36. The van der Waals surface area contributed by atoms with Crippen molar-refractivity contribution in [2.24, 2.45) is 5.84 Å². The van der Waals surface area contributed by atoms with Gasteiger partial charge in [-0.1, -0.05) is 48.0 Å². The van der Waals surface area contributed by atoms with Gasteiger partial charge in [-0.05, 0) is 43.0 Å². The van der Waals surface area contributed by atoms with Crippen molar-refractivity contribution >= 4 is 11.6 Å². The van der Waals surface area contributed by atoms with Crippen LogP contribution in [0.15, 0.2) is 54.6 Å². The summed E-state index contributed by atoms with van der Waals surface area (Å²) in [4.78, 5) is 0. The van der Waals surface area contributed by atoms with E-state index >= 15 is 0 Å². The highest BCUT2D eigenvalue weighted by Gasteiger charge is 2.08. The number of ether oxygens (including phenoxy) is 1. The Labute approximate surface area is 131 Å². The van der Waals surface area contributed by atoms with Crippen molar-refractivity contribution in [1.29, 1.82) is 0 Å². The molecule has 2 aromatic rings. The van der Waals surface area contributed by atoms with Gasteiger partial charge in [-0.15, -0.1) is 0 Å². The molecule has 0 aliphatic carbocycles. The van der Waals surface area contributed by atoms with Crippen LogP contribution in [0.2, 0.25) is 5.02 Å². The minimum atomic E-state index is 0.132. The van der Waals surface area contributed by atoms with Crippen molar-refractivity contribution in [3.63, 3.8) is 0 Å². The lowest BCUT2D eigenvalue weighted by Crippen LogP contribution is -2.39. The second-order valence-corrected chi connectivity index (χ2v) is 5.45. The molecule has 3 nitrogen and oxygen atoms in total. The van der Waals surface area contributed by atoms with E-state index in [-0.39, 0.29) is 6.04 Å². The molecule has 1 atom stereocenters. The zero-order valence-corrected chi connectivity index (χ0v) is 12.7. The van der Waals surface area contributed by atoms with Gasteiger partial charge in [-0.25, -0.2) is 0 Å². The van der Waals surface area contributed by atoms with Crippen molar-refractivity contribution in [3.8, 4) is 5.75 Å². The van der Waals surface area contributed by atoms with E-state index in [1.165, 1.54) is 5.56 Å². The van der Waals surface area contributed by atoms with Gasteiger partial charge in [-0.2, -0.15) is 0 Å². The van der Waals surface area contributed by atoms with Crippen LogP contribution < -0.4 is 16.0 Å². The van der Waals surface area contributed by atoms with E-state index in [4.69, 9.17) is 22.2 Å². The monoisotopic (exact) mass is 304 g/mol. The molecule has 0 aliphatic rings. The summed E-state index contributed by atoms with van der Waals surface area (Å²) in [6.45, 7) is 0.533. The predicted molar refractivity (Wildman–Crippen MR) is 87.4 cm³/mol. The first-order valence-electron chi connectivity index (χ1n) is 7.16. The van der Waals surface area contributed by atoms with Gasteiger partial charge in [0.1, 0.15) is 12.4 Å². The maximum atomic E-state index is 5.93. The van der Waals surface area contributed by atoms with Crippen LogP contribution >= 0.6 is 11.6 Å². The fourth-order valence-corrected chi connectivity index (χ4v) is 2.35. The molecule has 0 radical (unpaired) electrons. The summed E-state index contributed by atoms with van der Waals surface area (Å²) in [6, 6.07) is 18.0. The number of aryl methyl sites for hydroxylation is 1. The number of rotatable bonds is 8. The van der Waals surface area contributed by atoms with E-state index in [2.05, 4.69) is 29.7 Å². The van der Waals surface area contributed by atoms with Gasteiger partial charge in [0.05, 0.1) is 6.04 Å². The van der Waals surface area contributed by atoms with Gasteiger partial charge in [-0.3, -0.25) is 11.3 Å². The first-order valence-corrected chi connectivity index (χ1v) is 7.54. The first kappa shape index (κ1) is 15.8. The predicted octanol–water partition coefficient (Wildman–Crippen LogP) is 3.57. The Morgan fingerprint density at radius 2 is 1.90 bits per heavy atom. The molecule has 0 spiro atoms. The summed E-state index contributed by atoms with van der Waals surface area (Å²) < 4.78 is 5.72. The summed E-state index contributed by atoms with van der Waals surface area (Å²) in [6.07, 6.45) is 3.08. The lowest BCUT2D eigenvalue weighted by atomic mass is 10.1. The van der Waals surface area contributed by atoms with Gasteiger partial charge >= 0.3 is 0 Å². The fourth-order valence-electron chi connectivity index (χ4n) is 2.17. The second kappa shape index (κ2) is 8.67. The highest BCUT2D eigenvalue weighted by Crippen LogP contribution is 2.17. The van der Waals surface area contributed by atoms with Crippen LogP contribution in [0.5, 0.6) is 5.75 Å². The normalized spacial score (nSPS) is 12.1. The maximum Gasteiger partial charge on any atom is 0.120 e. The summed E-state index contributed by atoms with van der Waals surface area (Å²) in [5.41, 5.74) is 4.17. The van der Waals surface area contributed by atoms with Crippen molar-refractivity contribution in [2.75, 3.05) is 6.61 Å². The average molecular weight is 305 g/mol. The van der Waals surface area contributed by atoms with Gasteiger partial charge in [0.2, 0.25) is 0 Å². The molecular formula is C17H21ClN2O. The minimum absolute atomic E-state index is 0.132. The van der Waals surface area contributed by atoms with E-state index < -0.39 is 0 Å². The molecule has 112 valence electrons. The molecule has 21 heavy (non-hydrogen) atoms. The number of nitrogens with one attached hydrogen (secondary N) is 1. The number of nitrogens with two attached hydrogens (primary N) is 1. The highest BCUT2D eigenvalue weighted by molar-refractivity contribution is 6.30. The Morgan fingerprint density at radius 1 is 1.10 bits per heavy atom. The molecule has 1 unspecified atom stereocenters. The quantitative estimate of drug-likeness (QED) is 0.579. The SMILES string of the molecule is NNC(CCCc1ccccc1)COc1cccc(Cl)c1. The number of hydrazine groups is 1. The number of hydrogen-bond acceptors (Lipinski definition) is 3. The van der Waals surface area contributed by atoms with Crippen molar-refractivity contribution in [1.82, 2.24) is 5.43 Å². The molecule has 0 saturated carbocycles. The van der Waals surface area contributed by atoms with Crippen LogP contribution in [-0.4, -0.2) is 12.6 Å². The highest BCUT2D eigenvalue weighted by atomic mass is 35.5. The van der Waals surface area contributed by atoms with Crippen LogP contribution in [0.4, 0.5) is 0 Å². The van der Waals surface area contributed by atoms with Gasteiger partial charge in [0.25, 0.3) is 0 Å². The number of benzene rings is 2. The minimum Gasteiger partial charge on any atom is -0.492 e. The smallest absolute Gasteiger partial charge is 0.120 e. The molecule has 2 aromatic carbocycles. The van der Waals surface area contributed by atoms with Crippen LogP contribution in [0.3, 0.4) is 0 Å². The van der Waals surface area contributed by atoms with E-state index in [9.17, 15) is 0 Å². The maximum absolute atomic E-state index is 5.93. The molecule has 0 amide bonds. The van der Waals surface area contributed by atoms with Crippen molar-refractivity contribution < 1.29 is 4.74 Å². The van der Waals surface area contributed by atoms with Crippen molar-refractivity contribution in [2.45, 2.75) is 25.3 Å². The molecule has 4 heteroatoms. The molecule has 0 fully saturated rings. The summed E-state index contributed by atoms with van der Waals surface area (Å²) in [5, 5.41) is 0.675. The van der Waals surface area contributed by atoms with Crippen LogP contribution in [0, 0.1) is 0 Å². The lowest BCUT2D eigenvalue weighted by Gasteiger charge is -2.16. The first-order chi connectivity index (χ1) is 10.3. The van der Waals surface area contributed by atoms with E-state index in [1.807, 2.05) is 24.3 Å². The summed E-state index contributed by atoms with van der Waals surface area (Å²) in [7, 11) is 0. The van der Waals surface area contributed by atoms with E-state index in [1.54, 1.807) is 6.07 Å². The van der Waals surface area contributed by atoms with Crippen LogP contribution in [0.25, 0.3) is 0 Å². The Balaban J connectivity index is 1.73. The van der Waals surface area contributed by atoms with Crippen LogP contribution in [0.1, 0.15) is 18.4 Å². The third-order valence-corrected chi connectivity index (χ3v) is 3.58. The topological polar surface area (TPSA) is 47.3 Å². The largest absolute Gasteiger partial charge is 0.492 e. The fraction of sp³-hybridized carbons (Fsp3) is 0.294. The Morgan fingerprint density at radius 3 is 2.62 bits per heavy atom. The standard InChI is InChI=1S/C17H21ClN2O/c18-15-9-5-11-17(12-15)21-13-16(20-19)10-4-8-14-6-2-1-3-7-14/h1-3,5-7,9,11-12,16,20H,4,8,10,13,19H2. The zero-order chi connectivity index (χ0) is 14.9. The Kier molecular flexibility index (Phi) is 6.54. The third-order valence-electron chi connectivity index (χ3n) is 3.34. The van der Waals surface area contributed by atoms with Gasteiger partial charge < -0.3 is 4.74 Å². The molecule has 0 heterocycles. The molecule has 0 bridgehead atoms. The summed E-state index contributed by atoms with van der Waals surface area (Å²) >= 11 is 5.93. The van der Waals surface area contributed by atoms with E-state index in [0.717, 1.165) is 25.0 Å². The zero-order valence-electron chi connectivity index (χ0n) is 12.0. The van der Waals surface area contributed by atoms with Crippen molar-refractivity contribution in [3.05, 3.63) is 65.2 Å². The average Bonchev–Trinajstić information content (AvgIpc) is 2.52. The molecule has 0 aliphatic heterocycles. The molecule has 3 N–H and O–H groups in total. The van der Waals surface area contributed by atoms with E-state index in [0.29, 0.717) is 11.6 Å². The molecule has 0 aromatic heterocycles. The lowest BCUT2D eigenvalue weighted by molar-refractivity contribution is 0.255. The third kappa shape index (κ3) is 5.76. The number of halogens is 1.